The van der Waals surface area contributed by atoms with Crippen molar-refractivity contribution in [2.75, 3.05) is 26.7 Å². The highest BCUT2D eigenvalue weighted by Crippen LogP contribution is 2.32. The zero-order valence-electron chi connectivity index (χ0n) is 19.0. The van der Waals surface area contributed by atoms with Gasteiger partial charge < -0.3 is 10.1 Å². The molecule has 2 aliphatic rings. The number of ether oxygens (including phenoxy) is 1. The maximum atomic E-state index is 13.4. The molecule has 1 N–H and O–H groups in total. The molecule has 1 heterocycles. The van der Waals surface area contributed by atoms with E-state index >= 15 is 0 Å². The predicted octanol–water partition coefficient (Wildman–Crippen LogP) is 4.23. The standard InChI is InChI=1S/C24H36N2O4S/c1-18(2)20-11-12-22(30-3)23(16-20)31(28,29)26-15-7-10-21(17-26)24(27)25-14-13-19-8-5-4-6-9-19/h8,11-12,16,18,21H,4-7,9-10,13-15,17H2,1-3H3,(H,25,27)/t21-/m1/s1. The smallest absolute Gasteiger partial charge is 0.246 e. The minimum atomic E-state index is -3.75. The molecule has 1 fully saturated rings. The Labute approximate surface area is 187 Å². The van der Waals surface area contributed by atoms with Gasteiger partial charge in [0, 0.05) is 19.6 Å². The zero-order valence-corrected chi connectivity index (χ0v) is 19.8. The van der Waals surface area contributed by atoms with Gasteiger partial charge in [-0.1, -0.05) is 31.6 Å². The van der Waals surface area contributed by atoms with Crippen molar-refractivity contribution in [3.63, 3.8) is 0 Å². The van der Waals surface area contributed by atoms with Gasteiger partial charge >= 0.3 is 0 Å². The highest BCUT2D eigenvalue weighted by Gasteiger charge is 2.35. The van der Waals surface area contributed by atoms with Gasteiger partial charge in [0.25, 0.3) is 0 Å². The van der Waals surface area contributed by atoms with Crippen molar-refractivity contribution < 1.29 is 17.9 Å². The number of nitrogens with zero attached hydrogens (tertiary/aromatic N) is 1. The van der Waals surface area contributed by atoms with Crippen molar-refractivity contribution in [3.8, 4) is 5.75 Å². The third-order valence-corrected chi connectivity index (χ3v) is 8.24. The number of carbonyl (C=O) groups excluding carboxylic acids is 1. The van der Waals surface area contributed by atoms with E-state index in [0.29, 0.717) is 31.7 Å². The van der Waals surface area contributed by atoms with Crippen LogP contribution >= 0.6 is 0 Å². The number of rotatable bonds is 8. The molecule has 1 atom stereocenters. The van der Waals surface area contributed by atoms with E-state index in [1.165, 1.54) is 29.8 Å². The summed E-state index contributed by atoms with van der Waals surface area (Å²) in [5.74, 6) is 0.193. The van der Waals surface area contributed by atoms with Crippen molar-refractivity contribution in [2.24, 2.45) is 5.92 Å². The molecule has 6 nitrogen and oxygen atoms in total. The van der Waals surface area contributed by atoms with E-state index in [0.717, 1.165) is 24.8 Å². The van der Waals surface area contributed by atoms with Crippen molar-refractivity contribution >= 4 is 15.9 Å². The summed E-state index contributed by atoms with van der Waals surface area (Å²) in [5.41, 5.74) is 2.37. The van der Waals surface area contributed by atoms with Crippen LogP contribution in [0.3, 0.4) is 0 Å². The Hall–Kier alpha value is -1.86. The number of nitrogens with one attached hydrogen (secondary N) is 1. The first-order valence-electron chi connectivity index (χ1n) is 11.5. The molecule has 0 saturated carbocycles. The molecule has 1 saturated heterocycles. The van der Waals surface area contributed by atoms with Gasteiger partial charge in [-0.3, -0.25) is 4.79 Å². The number of hydrogen-bond acceptors (Lipinski definition) is 4. The van der Waals surface area contributed by atoms with E-state index in [9.17, 15) is 13.2 Å². The third kappa shape index (κ3) is 5.89. The summed E-state index contributed by atoms with van der Waals surface area (Å²) >= 11 is 0. The van der Waals surface area contributed by atoms with Crippen molar-refractivity contribution in [1.29, 1.82) is 0 Å². The molecule has 7 heteroatoms. The minimum absolute atomic E-state index is 0.0424. The van der Waals surface area contributed by atoms with Crippen molar-refractivity contribution in [2.45, 2.75) is 69.6 Å². The molecule has 0 spiro atoms. The first-order valence-corrected chi connectivity index (χ1v) is 12.9. The van der Waals surface area contributed by atoms with Gasteiger partial charge in [0.1, 0.15) is 10.6 Å². The van der Waals surface area contributed by atoms with Crippen LogP contribution in [0.25, 0.3) is 0 Å². The predicted molar refractivity (Wildman–Crippen MR) is 123 cm³/mol. The number of allylic oxidation sites excluding steroid dienone is 1. The molecular formula is C24H36N2O4S. The van der Waals surface area contributed by atoms with Gasteiger partial charge in [-0.2, -0.15) is 4.31 Å². The fourth-order valence-corrected chi connectivity index (χ4v) is 6.10. The quantitative estimate of drug-likeness (QED) is 0.604. The molecule has 1 aliphatic heterocycles. The fourth-order valence-electron chi connectivity index (χ4n) is 4.39. The lowest BCUT2D eigenvalue weighted by molar-refractivity contribution is -0.126. The maximum absolute atomic E-state index is 13.4. The summed E-state index contributed by atoms with van der Waals surface area (Å²) in [6.07, 6.45) is 9.33. The average Bonchev–Trinajstić information content (AvgIpc) is 2.79. The summed E-state index contributed by atoms with van der Waals surface area (Å²) in [6.45, 7) is 5.32. The van der Waals surface area contributed by atoms with Gasteiger partial charge in [0.2, 0.25) is 15.9 Å². The van der Waals surface area contributed by atoms with Crippen LogP contribution in [0.2, 0.25) is 0 Å². The first kappa shape index (κ1) is 23.8. The first-order chi connectivity index (χ1) is 14.8. The second-order valence-electron chi connectivity index (χ2n) is 8.92. The topological polar surface area (TPSA) is 75.7 Å². The number of piperidine rings is 1. The number of sulfonamides is 1. The molecule has 1 aliphatic carbocycles. The summed E-state index contributed by atoms with van der Waals surface area (Å²) in [6, 6.07) is 5.33. The van der Waals surface area contributed by atoms with E-state index < -0.39 is 10.0 Å². The van der Waals surface area contributed by atoms with Crippen LogP contribution in [0.1, 0.15) is 70.3 Å². The SMILES string of the molecule is COc1ccc(C(C)C)cc1S(=O)(=O)N1CCC[C@@H](C(=O)NCCC2=CCCCC2)C1. The molecule has 3 rings (SSSR count). The van der Waals surface area contributed by atoms with Crippen molar-refractivity contribution in [1.82, 2.24) is 9.62 Å². The Morgan fingerprint density at radius 3 is 2.74 bits per heavy atom. The van der Waals surface area contributed by atoms with Crippen LogP contribution in [0.15, 0.2) is 34.7 Å². The van der Waals surface area contributed by atoms with Crippen LogP contribution in [0.5, 0.6) is 5.75 Å². The molecule has 0 unspecified atom stereocenters. The third-order valence-electron chi connectivity index (χ3n) is 6.36. The monoisotopic (exact) mass is 448 g/mol. The molecule has 0 radical (unpaired) electrons. The Morgan fingerprint density at radius 1 is 1.26 bits per heavy atom. The molecule has 1 aromatic rings. The Kier molecular flexibility index (Phi) is 8.17. The fraction of sp³-hybridized carbons (Fsp3) is 0.625. The van der Waals surface area contributed by atoms with E-state index in [1.807, 2.05) is 19.9 Å². The van der Waals surface area contributed by atoms with Crippen LogP contribution in [0.4, 0.5) is 0 Å². The Morgan fingerprint density at radius 2 is 2.06 bits per heavy atom. The maximum Gasteiger partial charge on any atom is 0.246 e. The number of amides is 1. The lowest BCUT2D eigenvalue weighted by atomic mass is 9.96. The second-order valence-corrected chi connectivity index (χ2v) is 10.8. The van der Waals surface area contributed by atoms with Gasteiger partial charge in [-0.05, 0) is 68.6 Å². The molecule has 172 valence electrons. The molecule has 1 aromatic carbocycles. The van der Waals surface area contributed by atoms with E-state index in [1.54, 1.807) is 12.1 Å². The van der Waals surface area contributed by atoms with E-state index in [2.05, 4.69) is 11.4 Å². The number of methoxy groups -OCH3 is 1. The molecule has 0 bridgehead atoms. The highest BCUT2D eigenvalue weighted by molar-refractivity contribution is 7.89. The van der Waals surface area contributed by atoms with E-state index in [-0.39, 0.29) is 29.2 Å². The summed E-state index contributed by atoms with van der Waals surface area (Å²) in [5, 5.41) is 3.03. The summed E-state index contributed by atoms with van der Waals surface area (Å²) < 4.78 is 33.7. The van der Waals surface area contributed by atoms with E-state index in [4.69, 9.17) is 4.74 Å². The Balaban J connectivity index is 1.67. The molecule has 1 amide bonds. The molecular weight excluding hydrogens is 412 g/mol. The van der Waals surface area contributed by atoms with Crippen LogP contribution in [-0.2, 0) is 14.8 Å². The zero-order chi connectivity index (χ0) is 22.4. The highest BCUT2D eigenvalue weighted by atomic mass is 32.2. The largest absolute Gasteiger partial charge is 0.495 e. The summed E-state index contributed by atoms with van der Waals surface area (Å²) in [4.78, 5) is 12.9. The summed E-state index contributed by atoms with van der Waals surface area (Å²) in [7, 11) is -2.26. The number of hydrogen-bond donors (Lipinski definition) is 1. The Bertz CT molecular complexity index is 908. The van der Waals surface area contributed by atoms with Crippen LogP contribution in [0, 0.1) is 5.92 Å². The lowest BCUT2D eigenvalue weighted by Crippen LogP contribution is -2.45. The van der Waals surface area contributed by atoms with Crippen LogP contribution < -0.4 is 10.1 Å². The van der Waals surface area contributed by atoms with Gasteiger partial charge in [0.05, 0.1) is 13.0 Å². The van der Waals surface area contributed by atoms with Gasteiger partial charge in [-0.15, -0.1) is 0 Å². The number of carbonyl (C=O) groups is 1. The lowest BCUT2D eigenvalue weighted by Gasteiger charge is -2.31. The average molecular weight is 449 g/mol. The number of benzene rings is 1. The molecule has 0 aromatic heterocycles. The van der Waals surface area contributed by atoms with Crippen LogP contribution in [-0.4, -0.2) is 45.4 Å². The van der Waals surface area contributed by atoms with Crippen molar-refractivity contribution in [3.05, 3.63) is 35.4 Å². The molecule has 31 heavy (non-hydrogen) atoms. The van der Waals surface area contributed by atoms with Gasteiger partial charge in [0.15, 0.2) is 0 Å². The van der Waals surface area contributed by atoms with Gasteiger partial charge in [-0.25, -0.2) is 8.42 Å². The normalized spacial score (nSPS) is 20.4. The second kappa shape index (κ2) is 10.6. The minimum Gasteiger partial charge on any atom is -0.495 e.